The first kappa shape index (κ1) is 16.3. The number of nitrogens with zero attached hydrogens (tertiary/aromatic N) is 3. The van der Waals surface area contributed by atoms with Gasteiger partial charge in [-0.1, -0.05) is 26.3 Å². The van der Waals surface area contributed by atoms with Gasteiger partial charge in [-0.2, -0.15) is 10.2 Å². The predicted octanol–water partition coefficient (Wildman–Crippen LogP) is 3.44. The maximum absolute atomic E-state index is 10.1. The second kappa shape index (κ2) is 7.15. The van der Waals surface area contributed by atoms with Crippen LogP contribution in [0, 0.1) is 11.8 Å². The van der Waals surface area contributed by atoms with E-state index in [4.69, 9.17) is 0 Å². The first-order valence-corrected chi connectivity index (χ1v) is 7.27. The van der Waals surface area contributed by atoms with E-state index in [0.717, 1.165) is 25.8 Å². The Kier molecular flexibility index (Phi) is 6.14. The normalized spacial score (nSPS) is 22.1. The van der Waals surface area contributed by atoms with Crippen molar-refractivity contribution in [3.8, 4) is 0 Å². The molecule has 0 aromatic carbocycles. The Bertz CT molecular complexity index is 307. The van der Waals surface area contributed by atoms with E-state index in [-0.39, 0.29) is 6.17 Å². The van der Waals surface area contributed by atoms with Crippen LogP contribution in [-0.4, -0.2) is 35.0 Å². The van der Waals surface area contributed by atoms with Crippen LogP contribution < -0.4 is 0 Å². The molecule has 1 aliphatic heterocycles. The maximum Gasteiger partial charge on any atom is 0.128 e. The minimum atomic E-state index is -0.653. The van der Waals surface area contributed by atoms with Crippen molar-refractivity contribution in [3.05, 3.63) is 12.7 Å². The lowest BCUT2D eigenvalue weighted by molar-refractivity contribution is 0.0314. The molecule has 0 bridgehead atoms. The highest BCUT2D eigenvalue weighted by Gasteiger charge is 2.33. The van der Waals surface area contributed by atoms with Crippen LogP contribution in [-0.2, 0) is 0 Å². The molecule has 1 rings (SSSR count). The molecule has 1 aliphatic rings. The van der Waals surface area contributed by atoms with Crippen molar-refractivity contribution in [1.29, 1.82) is 0 Å². The number of azo groups is 1. The second-order valence-electron chi connectivity index (χ2n) is 6.62. The third-order valence-corrected chi connectivity index (χ3v) is 3.48. The minimum Gasteiger partial charge on any atom is -0.390 e. The summed E-state index contributed by atoms with van der Waals surface area (Å²) in [5.41, 5.74) is -0.653. The molecular weight excluding hydrogens is 238 g/mol. The van der Waals surface area contributed by atoms with Crippen molar-refractivity contribution in [1.82, 2.24) is 4.90 Å². The highest BCUT2D eigenvalue weighted by atomic mass is 16.3. The number of aliphatic hydroxyl groups is 1. The zero-order valence-corrected chi connectivity index (χ0v) is 12.8. The van der Waals surface area contributed by atoms with Gasteiger partial charge in [-0.05, 0) is 38.5 Å². The van der Waals surface area contributed by atoms with Crippen LogP contribution in [0.1, 0.15) is 47.0 Å². The Morgan fingerprint density at radius 3 is 2.63 bits per heavy atom. The first-order valence-electron chi connectivity index (χ1n) is 7.27. The fourth-order valence-electron chi connectivity index (χ4n) is 2.63. The van der Waals surface area contributed by atoms with Crippen LogP contribution >= 0.6 is 0 Å². The molecule has 4 heteroatoms. The molecule has 2 unspecified atom stereocenters. The van der Waals surface area contributed by atoms with E-state index in [1.54, 1.807) is 0 Å². The van der Waals surface area contributed by atoms with E-state index in [1.807, 2.05) is 19.9 Å². The van der Waals surface area contributed by atoms with E-state index < -0.39 is 5.60 Å². The third kappa shape index (κ3) is 5.83. The molecule has 0 spiro atoms. The molecule has 2 atom stereocenters. The lowest BCUT2D eigenvalue weighted by Crippen LogP contribution is -2.39. The largest absolute Gasteiger partial charge is 0.390 e. The molecular formula is C15H29N3O. The fraction of sp³-hybridized carbons (Fsp3) is 0.867. The Labute approximate surface area is 117 Å². The summed E-state index contributed by atoms with van der Waals surface area (Å²) in [6, 6.07) is 0. The Morgan fingerprint density at radius 2 is 2.11 bits per heavy atom. The van der Waals surface area contributed by atoms with Gasteiger partial charge in [0.25, 0.3) is 0 Å². The van der Waals surface area contributed by atoms with Gasteiger partial charge in [0.1, 0.15) is 12.8 Å². The molecule has 0 fully saturated rings. The first-order chi connectivity index (χ1) is 8.83. The molecule has 0 aromatic rings. The summed E-state index contributed by atoms with van der Waals surface area (Å²) in [5, 5.41) is 18.7. The van der Waals surface area contributed by atoms with Gasteiger partial charge in [0.2, 0.25) is 0 Å². The third-order valence-electron chi connectivity index (χ3n) is 3.48. The van der Waals surface area contributed by atoms with Gasteiger partial charge in [-0.15, -0.1) is 6.58 Å². The van der Waals surface area contributed by atoms with Gasteiger partial charge in [-0.3, -0.25) is 4.90 Å². The van der Waals surface area contributed by atoms with Crippen LogP contribution in [0.2, 0.25) is 0 Å². The van der Waals surface area contributed by atoms with E-state index in [2.05, 4.69) is 35.6 Å². The Morgan fingerprint density at radius 1 is 1.42 bits per heavy atom. The molecule has 0 aromatic heterocycles. The van der Waals surface area contributed by atoms with Gasteiger partial charge in [0, 0.05) is 6.54 Å². The van der Waals surface area contributed by atoms with Gasteiger partial charge >= 0.3 is 0 Å². The smallest absolute Gasteiger partial charge is 0.128 e. The Balaban J connectivity index is 2.70. The average molecular weight is 267 g/mol. The van der Waals surface area contributed by atoms with Gasteiger partial charge in [0.15, 0.2) is 0 Å². The number of hydrogen-bond acceptors (Lipinski definition) is 4. The van der Waals surface area contributed by atoms with Gasteiger partial charge in [0.05, 0.1) is 5.60 Å². The molecule has 0 radical (unpaired) electrons. The SMILES string of the molecule is C=CCN1CN=NC1C(CCC(C)C)CC(C)(C)O. The molecule has 1 N–H and O–H groups in total. The molecule has 4 nitrogen and oxygen atoms in total. The summed E-state index contributed by atoms with van der Waals surface area (Å²) < 4.78 is 0. The molecule has 0 amide bonds. The zero-order valence-electron chi connectivity index (χ0n) is 12.8. The van der Waals surface area contributed by atoms with Crippen molar-refractivity contribution < 1.29 is 5.11 Å². The van der Waals surface area contributed by atoms with Crippen LogP contribution in [0.3, 0.4) is 0 Å². The van der Waals surface area contributed by atoms with Crippen molar-refractivity contribution in [3.63, 3.8) is 0 Å². The highest BCUT2D eigenvalue weighted by Crippen LogP contribution is 2.30. The molecule has 1 heterocycles. The minimum absolute atomic E-state index is 0.100. The quantitative estimate of drug-likeness (QED) is 0.685. The van der Waals surface area contributed by atoms with Gasteiger partial charge in [-0.25, -0.2) is 0 Å². The fourth-order valence-corrected chi connectivity index (χ4v) is 2.63. The standard InChI is InChI=1S/C15H29N3O/c1-6-9-18-11-16-17-14(18)13(8-7-12(2)3)10-15(4,5)19/h6,12-14,19H,1,7-11H2,2-5H3. The summed E-state index contributed by atoms with van der Waals surface area (Å²) >= 11 is 0. The molecule has 0 aliphatic carbocycles. The number of hydrogen-bond donors (Lipinski definition) is 1. The summed E-state index contributed by atoms with van der Waals surface area (Å²) in [6.45, 7) is 13.5. The lowest BCUT2D eigenvalue weighted by atomic mass is 9.86. The topological polar surface area (TPSA) is 48.2 Å². The Hall–Kier alpha value is -0.740. The van der Waals surface area contributed by atoms with Crippen molar-refractivity contribution in [2.24, 2.45) is 22.1 Å². The molecule has 0 saturated heterocycles. The highest BCUT2D eigenvalue weighted by molar-refractivity contribution is 4.87. The van der Waals surface area contributed by atoms with E-state index in [1.165, 1.54) is 0 Å². The summed E-state index contributed by atoms with van der Waals surface area (Å²) in [6.07, 6.45) is 5.00. The van der Waals surface area contributed by atoms with Crippen molar-refractivity contribution in [2.45, 2.75) is 58.7 Å². The summed E-state index contributed by atoms with van der Waals surface area (Å²) in [5.74, 6) is 1.03. The lowest BCUT2D eigenvalue weighted by Gasteiger charge is -2.32. The van der Waals surface area contributed by atoms with E-state index in [9.17, 15) is 5.11 Å². The monoisotopic (exact) mass is 267 g/mol. The maximum atomic E-state index is 10.1. The average Bonchev–Trinajstić information content (AvgIpc) is 2.71. The van der Waals surface area contributed by atoms with Crippen LogP contribution in [0.5, 0.6) is 0 Å². The second-order valence-corrected chi connectivity index (χ2v) is 6.62. The number of rotatable bonds is 8. The predicted molar refractivity (Wildman–Crippen MR) is 78.9 cm³/mol. The van der Waals surface area contributed by atoms with Crippen molar-refractivity contribution >= 4 is 0 Å². The van der Waals surface area contributed by atoms with E-state index in [0.29, 0.717) is 18.5 Å². The van der Waals surface area contributed by atoms with Crippen LogP contribution in [0.15, 0.2) is 22.9 Å². The van der Waals surface area contributed by atoms with Crippen molar-refractivity contribution in [2.75, 3.05) is 13.2 Å². The van der Waals surface area contributed by atoms with Crippen LogP contribution in [0.4, 0.5) is 0 Å². The summed E-state index contributed by atoms with van der Waals surface area (Å²) in [7, 11) is 0. The summed E-state index contributed by atoms with van der Waals surface area (Å²) in [4.78, 5) is 2.23. The van der Waals surface area contributed by atoms with E-state index >= 15 is 0 Å². The molecule has 110 valence electrons. The van der Waals surface area contributed by atoms with Gasteiger partial charge < -0.3 is 5.11 Å². The molecule has 0 saturated carbocycles. The zero-order chi connectivity index (χ0) is 14.5. The van der Waals surface area contributed by atoms with Crippen LogP contribution in [0.25, 0.3) is 0 Å². The molecule has 19 heavy (non-hydrogen) atoms.